The summed E-state index contributed by atoms with van der Waals surface area (Å²) in [6, 6.07) is 15.6. The number of hydrogen-bond acceptors (Lipinski definition) is 5. The van der Waals surface area contributed by atoms with E-state index in [1.807, 2.05) is 42.5 Å². The second-order valence-corrected chi connectivity index (χ2v) is 6.04. The summed E-state index contributed by atoms with van der Waals surface area (Å²) in [7, 11) is 0. The number of piperazine rings is 1. The van der Waals surface area contributed by atoms with Crippen molar-refractivity contribution in [1.29, 1.82) is 5.26 Å². The van der Waals surface area contributed by atoms with Crippen LogP contribution in [0.5, 0.6) is 0 Å². The van der Waals surface area contributed by atoms with Gasteiger partial charge in [0.1, 0.15) is 11.8 Å². The minimum atomic E-state index is 0.0531. The number of benzene rings is 1. The molecule has 1 fully saturated rings. The van der Waals surface area contributed by atoms with Crippen LogP contribution in [0, 0.1) is 11.3 Å². The molecule has 6 heteroatoms. The van der Waals surface area contributed by atoms with Crippen LogP contribution in [0.3, 0.4) is 0 Å². The molecule has 1 amide bonds. The smallest absolute Gasteiger partial charge is 0.234 e. The first-order valence-corrected chi connectivity index (χ1v) is 8.38. The number of nitrogens with one attached hydrogen (secondary N) is 1. The molecule has 3 rings (SSSR count). The van der Waals surface area contributed by atoms with Gasteiger partial charge in [-0.25, -0.2) is 4.98 Å². The van der Waals surface area contributed by atoms with Crippen LogP contribution in [0.25, 0.3) is 0 Å². The van der Waals surface area contributed by atoms with Crippen LogP contribution in [0.15, 0.2) is 48.7 Å². The van der Waals surface area contributed by atoms with Crippen LogP contribution in [0.1, 0.15) is 11.3 Å². The van der Waals surface area contributed by atoms with Crippen molar-refractivity contribution in [2.45, 2.75) is 6.54 Å². The Morgan fingerprint density at radius 2 is 1.88 bits per heavy atom. The van der Waals surface area contributed by atoms with Crippen molar-refractivity contribution in [3.63, 3.8) is 0 Å². The monoisotopic (exact) mass is 335 g/mol. The van der Waals surface area contributed by atoms with Crippen LogP contribution in [0.2, 0.25) is 0 Å². The number of amides is 1. The highest BCUT2D eigenvalue weighted by atomic mass is 16.2. The third-order valence-electron chi connectivity index (χ3n) is 4.30. The number of nitrogens with zero attached hydrogens (tertiary/aromatic N) is 4. The molecule has 1 aliphatic heterocycles. The van der Waals surface area contributed by atoms with E-state index in [-0.39, 0.29) is 5.91 Å². The van der Waals surface area contributed by atoms with Crippen molar-refractivity contribution in [2.24, 2.45) is 0 Å². The Bertz CT molecular complexity index is 731. The molecular weight excluding hydrogens is 314 g/mol. The van der Waals surface area contributed by atoms with Crippen molar-refractivity contribution in [2.75, 3.05) is 37.6 Å². The molecule has 0 bridgehead atoms. The van der Waals surface area contributed by atoms with Gasteiger partial charge in [-0.2, -0.15) is 5.26 Å². The summed E-state index contributed by atoms with van der Waals surface area (Å²) in [6.45, 7) is 4.35. The summed E-state index contributed by atoms with van der Waals surface area (Å²) in [6.07, 6.45) is 1.74. The SMILES string of the molecule is N#Cc1ccc(N2CCN(CC(=O)NCc3ccccc3)CC2)cn1. The van der Waals surface area contributed by atoms with Crippen molar-refractivity contribution < 1.29 is 4.79 Å². The molecule has 1 aromatic carbocycles. The summed E-state index contributed by atoms with van der Waals surface area (Å²) < 4.78 is 0. The van der Waals surface area contributed by atoms with Crippen molar-refractivity contribution >= 4 is 11.6 Å². The van der Waals surface area contributed by atoms with Gasteiger partial charge < -0.3 is 10.2 Å². The van der Waals surface area contributed by atoms with Gasteiger partial charge in [-0.05, 0) is 17.7 Å². The topological polar surface area (TPSA) is 72.3 Å². The summed E-state index contributed by atoms with van der Waals surface area (Å²) in [4.78, 5) is 20.6. The van der Waals surface area contributed by atoms with Crippen molar-refractivity contribution in [1.82, 2.24) is 15.2 Å². The van der Waals surface area contributed by atoms with E-state index in [0.29, 0.717) is 18.8 Å². The zero-order chi connectivity index (χ0) is 17.5. The minimum Gasteiger partial charge on any atom is -0.368 e. The predicted octanol–water partition coefficient (Wildman–Crippen LogP) is 1.39. The molecule has 1 aliphatic rings. The third-order valence-corrected chi connectivity index (χ3v) is 4.30. The standard InChI is InChI=1S/C19H21N5O/c20-12-17-6-7-18(14-21-17)24-10-8-23(9-11-24)15-19(25)22-13-16-4-2-1-3-5-16/h1-7,14H,8-11,13,15H2,(H,22,25). The molecule has 0 unspecified atom stereocenters. The number of rotatable bonds is 5. The van der Waals surface area contributed by atoms with Crippen LogP contribution in [0.4, 0.5) is 5.69 Å². The summed E-state index contributed by atoms with van der Waals surface area (Å²) in [5.41, 5.74) is 2.55. The summed E-state index contributed by atoms with van der Waals surface area (Å²) in [5, 5.41) is 11.8. The maximum absolute atomic E-state index is 12.1. The van der Waals surface area contributed by atoms with E-state index < -0.39 is 0 Å². The van der Waals surface area contributed by atoms with Gasteiger partial charge in [0.05, 0.1) is 18.4 Å². The van der Waals surface area contributed by atoms with Gasteiger partial charge in [-0.1, -0.05) is 30.3 Å². The molecule has 0 spiro atoms. The lowest BCUT2D eigenvalue weighted by atomic mass is 10.2. The van der Waals surface area contributed by atoms with Gasteiger partial charge in [0.2, 0.25) is 5.91 Å². The van der Waals surface area contributed by atoms with E-state index >= 15 is 0 Å². The average molecular weight is 335 g/mol. The Balaban J connectivity index is 1.42. The van der Waals surface area contributed by atoms with E-state index in [1.165, 1.54) is 0 Å². The Morgan fingerprint density at radius 3 is 2.52 bits per heavy atom. The minimum absolute atomic E-state index is 0.0531. The first kappa shape index (κ1) is 16.9. The quantitative estimate of drug-likeness (QED) is 0.894. The Hall–Kier alpha value is -2.91. The normalized spacial score (nSPS) is 14.8. The zero-order valence-electron chi connectivity index (χ0n) is 14.1. The molecule has 6 nitrogen and oxygen atoms in total. The lowest BCUT2D eigenvalue weighted by molar-refractivity contribution is -0.122. The molecule has 0 radical (unpaired) electrons. The molecule has 1 aromatic heterocycles. The predicted molar refractivity (Wildman–Crippen MR) is 95.9 cm³/mol. The maximum Gasteiger partial charge on any atom is 0.234 e. The second-order valence-electron chi connectivity index (χ2n) is 6.04. The van der Waals surface area contributed by atoms with Gasteiger partial charge in [0, 0.05) is 32.7 Å². The Morgan fingerprint density at radius 1 is 1.12 bits per heavy atom. The molecule has 128 valence electrons. The van der Waals surface area contributed by atoms with E-state index in [2.05, 4.69) is 20.1 Å². The van der Waals surface area contributed by atoms with Crippen LogP contribution >= 0.6 is 0 Å². The molecule has 1 N–H and O–H groups in total. The van der Waals surface area contributed by atoms with Gasteiger partial charge in [0.15, 0.2) is 0 Å². The van der Waals surface area contributed by atoms with Gasteiger partial charge in [-0.15, -0.1) is 0 Å². The molecule has 2 heterocycles. The number of anilines is 1. The fourth-order valence-electron chi connectivity index (χ4n) is 2.86. The molecule has 25 heavy (non-hydrogen) atoms. The van der Waals surface area contributed by atoms with Crippen LogP contribution in [-0.2, 0) is 11.3 Å². The number of pyridine rings is 1. The lowest BCUT2D eigenvalue weighted by Gasteiger charge is -2.35. The zero-order valence-corrected chi connectivity index (χ0v) is 14.1. The molecule has 0 atom stereocenters. The molecule has 2 aromatic rings. The fourth-order valence-corrected chi connectivity index (χ4v) is 2.86. The number of carbonyl (C=O) groups is 1. The molecule has 0 aliphatic carbocycles. The lowest BCUT2D eigenvalue weighted by Crippen LogP contribution is -2.49. The molecule has 1 saturated heterocycles. The maximum atomic E-state index is 12.1. The van der Waals surface area contributed by atoms with Crippen LogP contribution in [-0.4, -0.2) is 48.5 Å². The van der Waals surface area contributed by atoms with Crippen molar-refractivity contribution in [3.8, 4) is 6.07 Å². The second kappa shape index (κ2) is 8.27. The highest BCUT2D eigenvalue weighted by Crippen LogP contribution is 2.15. The highest BCUT2D eigenvalue weighted by Gasteiger charge is 2.19. The summed E-state index contributed by atoms with van der Waals surface area (Å²) >= 11 is 0. The van der Waals surface area contributed by atoms with Crippen LogP contribution < -0.4 is 10.2 Å². The number of aromatic nitrogens is 1. The Labute approximate surface area is 147 Å². The molecular formula is C19H21N5O. The van der Waals surface area contributed by atoms with Gasteiger partial charge >= 0.3 is 0 Å². The van der Waals surface area contributed by atoms with Gasteiger partial charge in [0.25, 0.3) is 0 Å². The molecule has 0 saturated carbocycles. The fraction of sp³-hybridized carbons (Fsp3) is 0.316. The Kier molecular flexibility index (Phi) is 5.60. The summed E-state index contributed by atoms with van der Waals surface area (Å²) in [5.74, 6) is 0.0531. The first-order chi connectivity index (χ1) is 12.2. The number of carbonyl (C=O) groups excluding carboxylic acids is 1. The van der Waals surface area contributed by atoms with E-state index in [0.717, 1.165) is 37.4 Å². The van der Waals surface area contributed by atoms with Crippen molar-refractivity contribution in [3.05, 3.63) is 59.9 Å². The number of nitriles is 1. The largest absolute Gasteiger partial charge is 0.368 e. The van der Waals surface area contributed by atoms with E-state index in [1.54, 1.807) is 12.3 Å². The average Bonchev–Trinajstić information content (AvgIpc) is 2.68. The highest BCUT2D eigenvalue weighted by molar-refractivity contribution is 5.78. The first-order valence-electron chi connectivity index (χ1n) is 8.38. The van der Waals surface area contributed by atoms with Gasteiger partial charge in [-0.3, -0.25) is 9.69 Å². The van der Waals surface area contributed by atoms with E-state index in [4.69, 9.17) is 5.26 Å². The van der Waals surface area contributed by atoms with E-state index in [9.17, 15) is 4.79 Å². The number of hydrogen-bond donors (Lipinski definition) is 1. The third kappa shape index (κ3) is 4.78.